The van der Waals surface area contributed by atoms with Gasteiger partial charge in [-0.15, -0.1) is 0 Å². The molecule has 18 heteroatoms. The predicted octanol–water partition coefficient (Wildman–Crippen LogP) is 2.86. The van der Waals surface area contributed by atoms with Gasteiger partial charge in [0.2, 0.25) is 17.7 Å². The number of hydrogen-bond acceptors (Lipinski definition) is 14. The number of piperidine rings is 1. The maximum absolute atomic E-state index is 13.4. The highest BCUT2D eigenvalue weighted by molar-refractivity contribution is 6.25. The van der Waals surface area contributed by atoms with Gasteiger partial charge in [-0.3, -0.25) is 44.0 Å². The van der Waals surface area contributed by atoms with Crippen LogP contribution in [0.1, 0.15) is 69.6 Å². The monoisotopic (exact) mass is 818 g/mol. The van der Waals surface area contributed by atoms with Crippen molar-refractivity contribution in [3.8, 4) is 0 Å². The third kappa shape index (κ3) is 9.03. The third-order valence-corrected chi connectivity index (χ3v) is 11.0. The number of fused-ring (bicyclic) bond motifs is 2. The van der Waals surface area contributed by atoms with E-state index < -0.39 is 29.7 Å². The summed E-state index contributed by atoms with van der Waals surface area (Å²) in [4.78, 5) is 92.5. The van der Waals surface area contributed by atoms with Crippen LogP contribution in [0.25, 0.3) is 10.9 Å². The Morgan fingerprint density at radius 2 is 1.72 bits per heavy atom. The molecule has 0 radical (unpaired) electrons. The number of nitrogens with zero attached hydrogens (tertiary/aromatic N) is 5. The Morgan fingerprint density at radius 1 is 0.900 bits per heavy atom. The summed E-state index contributed by atoms with van der Waals surface area (Å²) in [5.74, 6) is -1.46. The van der Waals surface area contributed by atoms with Crippen LogP contribution in [-0.2, 0) is 23.9 Å². The van der Waals surface area contributed by atoms with E-state index in [1.807, 2.05) is 24.3 Å². The molecule has 3 aromatic heterocycles. The summed E-state index contributed by atoms with van der Waals surface area (Å²) in [5.41, 5.74) is 2.79. The van der Waals surface area contributed by atoms with Gasteiger partial charge in [-0.2, -0.15) is 0 Å². The molecule has 5 heterocycles. The second-order valence-corrected chi connectivity index (χ2v) is 15.3. The first-order chi connectivity index (χ1) is 29.1. The van der Waals surface area contributed by atoms with Crippen molar-refractivity contribution < 1.29 is 38.2 Å². The number of hydrogen-bond donors (Lipinski definition) is 5. The quantitative estimate of drug-likeness (QED) is 0.0720. The highest BCUT2D eigenvalue weighted by atomic mass is 16.5. The zero-order valence-corrected chi connectivity index (χ0v) is 33.1. The van der Waals surface area contributed by atoms with Crippen LogP contribution in [0.4, 0.5) is 23.0 Å². The fourth-order valence-electron chi connectivity index (χ4n) is 7.50. The first kappa shape index (κ1) is 40.3. The Balaban J connectivity index is 0.715. The standard InChI is InChI=1S/C42H46N10O8/c1-51(14-16-60-18-17-59-15-13-44-31-4-2-3-28-37(31)42(58)52(41(28)57)33-8-10-36(53)50-39(33)55)40(56)25-19-27(20-25)47-38(54)29-23-45-35(21-32(29)46-26-6-7-26)49-34-9-5-24-22-43-12-11-30(24)48-34/h2-5,9,11-12,21-23,25-27,33,44H,6-8,10,13-20H2,1H3,(H,47,54)(H,50,53,55)(H2,45,46,48,49)/t25?,27?,33-/m1/s1. The number of likely N-dealkylation sites (N-methyl/N-ethyl adjacent to an activating group) is 1. The lowest BCUT2D eigenvalue weighted by Gasteiger charge is -2.37. The number of carbonyl (C=O) groups is 6. The zero-order valence-electron chi connectivity index (χ0n) is 33.1. The molecule has 4 aliphatic rings. The van der Waals surface area contributed by atoms with Gasteiger partial charge in [-0.05, 0) is 62.4 Å². The minimum absolute atomic E-state index is 0.00553. The average molecular weight is 819 g/mol. The van der Waals surface area contributed by atoms with Crippen molar-refractivity contribution in [2.24, 2.45) is 5.92 Å². The van der Waals surface area contributed by atoms with Gasteiger partial charge in [0.15, 0.2) is 0 Å². The summed E-state index contributed by atoms with van der Waals surface area (Å²) in [6.45, 7) is 2.00. The maximum atomic E-state index is 13.4. The molecule has 2 aliphatic carbocycles. The fourth-order valence-corrected chi connectivity index (χ4v) is 7.50. The van der Waals surface area contributed by atoms with Crippen LogP contribution in [0.5, 0.6) is 0 Å². The number of benzene rings is 1. The van der Waals surface area contributed by atoms with Gasteiger partial charge >= 0.3 is 0 Å². The van der Waals surface area contributed by atoms with E-state index in [1.54, 1.807) is 48.7 Å². The van der Waals surface area contributed by atoms with E-state index in [-0.39, 0.29) is 47.7 Å². The van der Waals surface area contributed by atoms with Crippen molar-refractivity contribution in [1.82, 2.24) is 35.4 Å². The minimum Gasteiger partial charge on any atom is -0.382 e. The van der Waals surface area contributed by atoms with Crippen molar-refractivity contribution in [3.63, 3.8) is 0 Å². The summed E-state index contributed by atoms with van der Waals surface area (Å²) >= 11 is 0. The molecule has 60 heavy (non-hydrogen) atoms. The molecule has 3 fully saturated rings. The van der Waals surface area contributed by atoms with E-state index >= 15 is 0 Å². The molecule has 2 saturated carbocycles. The maximum Gasteiger partial charge on any atom is 0.264 e. The highest BCUT2D eigenvalue weighted by Gasteiger charge is 2.45. The summed E-state index contributed by atoms with van der Waals surface area (Å²) in [5, 5.41) is 16.0. The highest BCUT2D eigenvalue weighted by Crippen LogP contribution is 2.34. The molecular weight excluding hydrogens is 773 g/mol. The second-order valence-electron chi connectivity index (χ2n) is 15.3. The Morgan fingerprint density at radius 3 is 2.52 bits per heavy atom. The van der Waals surface area contributed by atoms with E-state index in [0.29, 0.717) is 87.0 Å². The molecule has 0 spiro atoms. The van der Waals surface area contributed by atoms with Gasteiger partial charge in [-0.25, -0.2) is 9.97 Å². The van der Waals surface area contributed by atoms with Crippen LogP contribution in [0, 0.1) is 5.92 Å². The van der Waals surface area contributed by atoms with Gasteiger partial charge in [0, 0.05) is 80.3 Å². The van der Waals surface area contributed by atoms with Crippen LogP contribution >= 0.6 is 0 Å². The number of imide groups is 2. The third-order valence-electron chi connectivity index (χ3n) is 11.0. The van der Waals surface area contributed by atoms with Gasteiger partial charge in [0.05, 0.1) is 54.3 Å². The first-order valence-electron chi connectivity index (χ1n) is 20.2. The Labute approximate surface area is 345 Å². The topological polar surface area (TPSA) is 226 Å². The molecule has 1 atom stereocenters. The number of aromatic nitrogens is 3. The van der Waals surface area contributed by atoms with Crippen LogP contribution in [0.3, 0.4) is 0 Å². The van der Waals surface area contributed by atoms with Crippen LogP contribution in [0.2, 0.25) is 0 Å². The number of anilines is 4. The number of pyridine rings is 3. The average Bonchev–Trinajstić information content (AvgIpc) is 4.01. The normalized spacial score (nSPS) is 19.7. The summed E-state index contributed by atoms with van der Waals surface area (Å²) in [6, 6.07) is 11.5. The number of ether oxygens (including phenoxy) is 2. The van der Waals surface area contributed by atoms with Gasteiger partial charge in [0.25, 0.3) is 17.7 Å². The molecule has 1 saturated heterocycles. The lowest BCUT2D eigenvalue weighted by atomic mass is 9.79. The first-order valence-corrected chi connectivity index (χ1v) is 20.2. The Hall–Kier alpha value is -6.53. The van der Waals surface area contributed by atoms with E-state index in [4.69, 9.17) is 9.47 Å². The predicted molar refractivity (Wildman–Crippen MR) is 219 cm³/mol. The van der Waals surface area contributed by atoms with Crippen molar-refractivity contribution >= 4 is 69.4 Å². The molecule has 2 aliphatic heterocycles. The summed E-state index contributed by atoms with van der Waals surface area (Å²) in [6.07, 6.45) is 8.32. The molecule has 5 N–H and O–H groups in total. The molecule has 8 rings (SSSR count). The molecule has 6 amide bonds. The van der Waals surface area contributed by atoms with Crippen molar-refractivity contribution in [2.45, 2.75) is 56.7 Å². The smallest absolute Gasteiger partial charge is 0.264 e. The van der Waals surface area contributed by atoms with Crippen LogP contribution < -0.4 is 26.6 Å². The van der Waals surface area contributed by atoms with Crippen LogP contribution in [-0.4, -0.2) is 125 Å². The molecule has 312 valence electrons. The van der Waals surface area contributed by atoms with Gasteiger partial charge in [0.1, 0.15) is 17.7 Å². The van der Waals surface area contributed by atoms with Gasteiger partial charge < -0.3 is 35.6 Å². The molecule has 0 unspecified atom stereocenters. The van der Waals surface area contributed by atoms with Crippen LogP contribution in [0.15, 0.2) is 61.1 Å². The minimum atomic E-state index is -1.03. The number of nitrogens with one attached hydrogen (secondary N) is 5. The molecule has 1 aromatic carbocycles. The van der Waals surface area contributed by atoms with E-state index in [1.165, 1.54) is 0 Å². The number of carbonyl (C=O) groups excluding carboxylic acids is 6. The zero-order chi connectivity index (χ0) is 41.8. The lowest BCUT2D eigenvalue weighted by molar-refractivity contribution is -0.138. The molecule has 18 nitrogen and oxygen atoms in total. The molecule has 4 aromatic rings. The summed E-state index contributed by atoms with van der Waals surface area (Å²) < 4.78 is 11.4. The second kappa shape index (κ2) is 17.8. The van der Waals surface area contributed by atoms with Crippen molar-refractivity contribution in [2.75, 3.05) is 62.5 Å². The molecular formula is C42H46N10O8. The SMILES string of the molecule is CN(CCOCCOCCNc1cccc2c1C(=O)N([C@@H]1CCC(=O)NC1=O)C2=O)C(=O)C1CC(NC(=O)c2cnc(Nc3ccc4cnccc4n3)cc2NC2CC2)C1. The van der Waals surface area contributed by atoms with E-state index in [0.717, 1.165) is 28.6 Å². The van der Waals surface area contributed by atoms with E-state index in [9.17, 15) is 28.8 Å². The summed E-state index contributed by atoms with van der Waals surface area (Å²) in [7, 11) is 1.74. The van der Waals surface area contributed by atoms with Gasteiger partial charge in [-0.1, -0.05) is 6.07 Å². The van der Waals surface area contributed by atoms with E-state index in [2.05, 4.69) is 41.5 Å². The van der Waals surface area contributed by atoms with Crippen molar-refractivity contribution in [3.05, 3.63) is 77.7 Å². The Kier molecular flexibility index (Phi) is 11.9. The lowest BCUT2D eigenvalue weighted by Crippen LogP contribution is -2.54. The van der Waals surface area contributed by atoms with Crippen molar-refractivity contribution in [1.29, 1.82) is 0 Å². The fraction of sp³-hybridized carbons (Fsp3) is 0.405. The Bertz CT molecular complexity index is 2330. The molecule has 0 bridgehead atoms. The number of rotatable bonds is 18. The number of amides is 6. The largest absolute Gasteiger partial charge is 0.382 e.